The van der Waals surface area contributed by atoms with E-state index in [1.165, 1.54) is 17.7 Å². The minimum Gasteiger partial charge on any atom is -0.494 e. The lowest BCUT2D eigenvalue weighted by atomic mass is 9.59. The summed E-state index contributed by atoms with van der Waals surface area (Å²) in [6.07, 6.45) is 5.18. The molecule has 4 rings (SSSR count). The Kier molecular flexibility index (Phi) is 6.47. The summed E-state index contributed by atoms with van der Waals surface area (Å²) in [5.41, 5.74) is 4.43. The van der Waals surface area contributed by atoms with Crippen molar-refractivity contribution in [3.8, 4) is 5.75 Å². The van der Waals surface area contributed by atoms with E-state index in [1.54, 1.807) is 0 Å². The molecule has 2 aromatic carbocycles. The van der Waals surface area contributed by atoms with Gasteiger partial charge >= 0.3 is 0 Å². The zero-order chi connectivity index (χ0) is 21.9. The largest absolute Gasteiger partial charge is 0.494 e. The van der Waals surface area contributed by atoms with Crippen molar-refractivity contribution in [3.05, 3.63) is 65.0 Å². The fraction of sp³-hybridized carbons (Fsp3) is 0.480. The summed E-state index contributed by atoms with van der Waals surface area (Å²) in [7, 11) is -2.98. The Morgan fingerprint density at radius 3 is 2.55 bits per heavy atom. The van der Waals surface area contributed by atoms with Gasteiger partial charge in [0.25, 0.3) is 0 Å². The number of hydrogen-bond acceptors (Lipinski definition) is 4. The number of rotatable bonds is 9. The van der Waals surface area contributed by atoms with E-state index in [4.69, 9.17) is 9.73 Å². The van der Waals surface area contributed by atoms with E-state index >= 15 is 0 Å². The summed E-state index contributed by atoms with van der Waals surface area (Å²) in [5, 5.41) is 0. The molecule has 0 amide bonds. The lowest BCUT2D eigenvalue weighted by Crippen LogP contribution is -2.44. The molecular weight excluding hydrogens is 413 g/mol. The predicted octanol–water partition coefficient (Wildman–Crippen LogP) is 4.89. The molecule has 0 aromatic heterocycles. The highest BCUT2D eigenvalue weighted by Gasteiger charge is 2.45. The highest BCUT2D eigenvalue weighted by molar-refractivity contribution is 7.91. The molecule has 4 nitrogen and oxygen atoms in total. The molecule has 0 radical (unpaired) electrons. The molecule has 0 unspecified atom stereocenters. The first-order chi connectivity index (χ1) is 14.9. The highest BCUT2D eigenvalue weighted by atomic mass is 32.2. The zero-order valence-electron chi connectivity index (χ0n) is 18.1. The average molecular weight is 444 g/mol. The molecular formula is C25H30FNO3S. The zero-order valence-corrected chi connectivity index (χ0v) is 18.9. The van der Waals surface area contributed by atoms with Gasteiger partial charge in [0.05, 0.1) is 18.1 Å². The summed E-state index contributed by atoms with van der Waals surface area (Å²) in [5.74, 6) is 0.916. The molecule has 0 bridgehead atoms. The van der Waals surface area contributed by atoms with Gasteiger partial charge in [-0.05, 0) is 67.5 Å². The van der Waals surface area contributed by atoms with E-state index in [0.717, 1.165) is 54.8 Å². The Labute approximate surface area is 184 Å². The van der Waals surface area contributed by atoms with Gasteiger partial charge < -0.3 is 4.74 Å². The molecule has 1 saturated carbocycles. The summed E-state index contributed by atoms with van der Waals surface area (Å²) in [6.45, 7) is 3.01. The van der Waals surface area contributed by atoms with Crippen molar-refractivity contribution in [2.75, 3.05) is 24.7 Å². The molecule has 31 heavy (non-hydrogen) atoms. The van der Waals surface area contributed by atoms with Crippen LogP contribution in [0.1, 0.15) is 55.7 Å². The molecule has 6 heteroatoms. The van der Waals surface area contributed by atoms with Gasteiger partial charge in [0.2, 0.25) is 0 Å². The number of ether oxygens (including phenoxy) is 1. The fourth-order valence-corrected chi connectivity index (χ4v) is 6.09. The molecule has 1 fully saturated rings. The van der Waals surface area contributed by atoms with Crippen molar-refractivity contribution in [1.82, 2.24) is 0 Å². The topological polar surface area (TPSA) is 55.7 Å². The van der Waals surface area contributed by atoms with Crippen LogP contribution in [-0.2, 0) is 21.7 Å². The quantitative estimate of drug-likeness (QED) is 0.519. The van der Waals surface area contributed by atoms with Gasteiger partial charge in [-0.2, -0.15) is 0 Å². The molecule has 2 aromatic rings. The fourth-order valence-electron chi connectivity index (χ4n) is 4.71. The average Bonchev–Trinajstić information content (AvgIpc) is 2.72. The predicted molar refractivity (Wildman–Crippen MR) is 123 cm³/mol. The van der Waals surface area contributed by atoms with Crippen LogP contribution in [0.3, 0.4) is 0 Å². The Morgan fingerprint density at radius 1 is 1.10 bits per heavy atom. The Hall–Kier alpha value is -2.21. The minimum absolute atomic E-state index is 0.157. The molecule has 0 spiro atoms. The van der Waals surface area contributed by atoms with E-state index < -0.39 is 9.84 Å². The van der Waals surface area contributed by atoms with Crippen molar-refractivity contribution in [1.29, 1.82) is 0 Å². The second-order valence-electron chi connectivity index (χ2n) is 8.60. The molecule has 1 aliphatic heterocycles. The van der Waals surface area contributed by atoms with Gasteiger partial charge in [-0.3, -0.25) is 4.99 Å². The van der Waals surface area contributed by atoms with E-state index in [0.29, 0.717) is 19.4 Å². The van der Waals surface area contributed by atoms with Crippen LogP contribution in [0.5, 0.6) is 5.75 Å². The van der Waals surface area contributed by atoms with Crippen molar-refractivity contribution in [2.24, 2.45) is 4.99 Å². The van der Waals surface area contributed by atoms with E-state index in [1.807, 2.05) is 25.1 Å². The van der Waals surface area contributed by atoms with Gasteiger partial charge in [0.1, 0.15) is 21.4 Å². The normalized spacial score (nSPS) is 17.4. The first-order valence-corrected chi connectivity index (χ1v) is 13.0. The lowest BCUT2D eigenvalue weighted by molar-refractivity contribution is 0.317. The maximum atomic E-state index is 13.5. The number of fused-ring (bicyclic) bond motifs is 1. The van der Waals surface area contributed by atoms with Crippen LogP contribution in [0.2, 0.25) is 0 Å². The molecule has 1 aliphatic carbocycles. The third-order valence-corrected chi connectivity index (χ3v) is 8.37. The molecule has 0 N–H and O–H groups in total. The van der Waals surface area contributed by atoms with Crippen molar-refractivity contribution in [2.45, 2.75) is 50.9 Å². The van der Waals surface area contributed by atoms with Gasteiger partial charge in [-0.25, -0.2) is 12.8 Å². The number of benzene rings is 2. The third kappa shape index (κ3) is 4.69. The first kappa shape index (κ1) is 22.0. The maximum Gasteiger partial charge on any atom is 0.150 e. The van der Waals surface area contributed by atoms with Crippen LogP contribution in [-0.4, -0.2) is 38.8 Å². The minimum atomic E-state index is -2.98. The molecule has 1 heterocycles. The van der Waals surface area contributed by atoms with Crippen LogP contribution in [0, 0.1) is 5.82 Å². The molecule has 166 valence electrons. The van der Waals surface area contributed by atoms with Crippen LogP contribution in [0.25, 0.3) is 0 Å². The molecule has 0 atom stereocenters. The number of nitrogens with zero attached hydrogens (tertiary/aromatic N) is 1. The van der Waals surface area contributed by atoms with Crippen LogP contribution in [0.15, 0.2) is 47.5 Å². The number of sulfone groups is 1. The Balaban J connectivity index is 1.52. The van der Waals surface area contributed by atoms with E-state index in [-0.39, 0.29) is 22.7 Å². The molecule has 2 aliphatic rings. The summed E-state index contributed by atoms with van der Waals surface area (Å²) >= 11 is 0. The van der Waals surface area contributed by atoms with Crippen molar-refractivity contribution in [3.63, 3.8) is 0 Å². The summed E-state index contributed by atoms with van der Waals surface area (Å²) in [4.78, 5) is 4.94. The van der Waals surface area contributed by atoms with E-state index in [9.17, 15) is 12.8 Å². The number of halogens is 1. The smallest absolute Gasteiger partial charge is 0.150 e. The number of aliphatic imine (C=N–C) groups is 1. The highest BCUT2D eigenvalue weighted by Crippen LogP contribution is 2.48. The van der Waals surface area contributed by atoms with Crippen LogP contribution < -0.4 is 4.74 Å². The van der Waals surface area contributed by atoms with Crippen molar-refractivity contribution >= 4 is 15.5 Å². The van der Waals surface area contributed by atoms with Gasteiger partial charge in [-0.1, -0.05) is 31.5 Å². The molecule has 0 saturated heterocycles. The first-order valence-electron chi connectivity index (χ1n) is 11.2. The van der Waals surface area contributed by atoms with Crippen molar-refractivity contribution < 1.29 is 17.5 Å². The second-order valence-corrected chi connectivity index (χ2v) is 10.9. The summed E-state index contributed by atoms with van der Waals surface area (Å²) < 4.78 is 43.2. The Morgan fingerprint density at radius 2 is 1.87 bits per heavy atom. The van der Waals surface area contributed by atoms with Gasteiger partial charge in [-0.15, -0.1) is 0 Å². The van der Waals surface area contributed by atoms with Crippen LogP contribution >= 0.6 is 0 Å². The summed E-state index contributed by atoms with van der Waals surface area (Å²) in [6, 6.07) is 13.0. The van der Waals surface area contributed by atoms with Crippen LogP contribution in [0.4, 0.5) is 4.39 Å². The third-order valence-electron chi connectivity index (χ3n) is 6.43. The van der Waals surface area contributed by atoms with Gasteiger partial charge in [0, 0.05) is 23.3 Å². The van der Waals surface area contributed by atoms with Gasteiger partial charge in [0.15, 0.2) is 0 Å². The lowest BCUT2D eigenvalue weighted by Gasteiger charge is -2.45. The maximum absolute atomic E-state index is 13.5. The van der Waals surface area contributed by atoms with E-state index in [2.05, 4.69) is 12.1 Å². The standard InChI is InChI=1S/C25H30FNO3S/c1-2-16-31(28,29)17-4-15-30-22-10-5-19-11-14-27-24(23(19)18-22)25(12-3-13-25)20-6-8-21(26)9-7-20/h5-10,18H,2-4,11-17H2,1H3. The number of hydrogen-bond donors (Lipinski definition) is 0. The Bertz CT molecular complexity index is 1060. The SMILES string of the molecule is CCCS(=O)(=O)CCCOc1ccc2c(c1)C(C1(c3ccc(F)cc3)CCC1)=NCC2. The monoisotopic (exact) mass is 443 g/mol. The second kappa shape index (κ2) is 9.11.